The summed E-state index contributed by atoms with van der Waals surface area (Å²) in [6.07, 6.45) is 10.6. The number of carboxylic acid groups (broad SMARTS) is 1. The molecule has 1 saturated heterocycles. The summed E-state index contributed by atoms with van der Waals surface area (Å²) in [5, 5.41) is 9.28. The number of carbonyl (C=O) groups excluding carboxylic acids is 1. The van der Waals surface area contributed by atoms with Crippen molar-refractivity contribution in [2.24, 2.45) is 0 Å². The zero-order valence-corrected chi connectivity index (χ0v) is 27.7. The van der Waals surface area contributed by atoms with Crippen LogP contribution in [-0.2, 0) is 30.8 Å². The molecule has 1 aromatic carbocycles. The molecule has 1 N–H and O–H groups in total. The summed E-state index contributed by atoms with van der Waals surface area (Å²) >= 11 is 1.53. The predicted octanol–water partition coefficient (Wildman–Crippen LogP) is 4.69. The fourth-order valence-corrected chi connectivity index (χ4v) is 7.97. The molecule has 0 amide bonds. The Balaban J connectivity index is 1.08. The van der Waals surface area contributed by atoms with Crippen LogP contribution in [0.25, 0.3) is 15.8 Å². The Morgan fingerprint density at radius 3 is 2.57 bits per heavy atom. The lowest BCUT2D eigenvalue weighted by Crippen LogP contribution is -2.39. The van der Waals surface area contributed by atoms with Crippen molar-refractivity contribution in [3.05, 3.63) is 47.8 Å². The Hall–Kier alpha value is -3.62. The molecule has 3 aromatic rings. The number of rotatable bonds is 15. The van der Waals surface area contributed by atoms with E-state index < -0.39 is 22.0 Å². The summed E-state index contributed by atoms with van der Waals surface area (Å²) in [7, 11) is -3.44. The van der Waals surface area contributed by atoms with Crippen molar-refractivity contribution in [1.82, 2.24) is 19.3 Å². The molecule has 5 rings (SSSR count). The average Bonchev–Trinajstić information content (AvgIpc) is 3.46. The van der Waals surface area contributed by atoms with Gasteiger partial charge in [-0.05, 0) is 54.5 Å². The number of sulfonamides is 1. The molecule has 2 aromatic heterocycles. The second-order valence-corrected chi connectivity index (χ2v) is 14.7. The number of aromatic nitrogens is 3. The van der Waals surface area contributed by atoms with Gasteiger partial charge >= 0.3 is 11.9 Å². The van der Waals surface area contributed by atoms with Gasteiger partial charge in [0.15, 0.2) is 0 Å². The highest BCUT2D eigenvalue weighted by Crippen LogP contribution is 2.33. The lowest BCUT2D eigenvalue weighted by molar-refractivity contribution is -0.147. The van der Waals surface area contributed by atoms with E-state index in [1.54, 1.807) is 0 Å². The summed E-state index contributed by atoms with van der Waals surface area (Å²) < 4.78 is 39.5. The second-order valence-electron chi connectivity index (χ2n) is 11.6. The standard InChI is InChI=1S/C32H41N5O7S2/c1-2-5-23-21-33-31(34-22-23)36-14-12-26(13-15-36)44-32-35-27-7-6-25(20-28(27)45-32)24-10-16-37(17-11-24)46(41,42)19-4-3-18-43-30(40)9-8-29(38)39/h6-7,10,20-22,26H,2-5,8-9,11-19H2,1H3,(H,38,39). The van der Waals surface area contributed by atoms with Crippen LogP contribution >= 0.6 is 11.3 Å². The maximum absolute atomic E-state index is 12.9. The van der Waals surface area contributed by atoms with Gasteiger partial charge in [0.1, 0.15) is 6.10 Å². The maximum atomic E-state index is 12.9. The Kier molecular flexibility index (Phi) is 11.6. The lowest BCUT2D eigenvalue weighted by atomic mass is 10.0. The first-order chi connectivity index (χ1) is 22.2. The van der Waals surface area contributed by atoms with Gasteiger partial charge in [0.05, 0.1) is 35.4 Å². The molecule has 12 nitrogen and oxygen atoms in total. The quantitative estimate of drug-likeness (QED) is 0.177. The molecule has 1 fully saturated rings. The minimum Gasteiger partial charge on any atom is -0.481 e. The number of aliphatic carboxylic acids is 1. The molecular formula is C32H41N5O7S2. The number of hydrogen-bond donors (Lipinski definition) is 1. The minimum atomic E-state index is -3.44. The molecule has 0 spiro atoms. The molecule has 248 valence electrons. The Labute approximate surface area is 273 Å². The molecule has 4 heterocycles. The maximum Gasteiger partial charge on any atom is 0.306 e. The fraction of sp³-hybridized carbons (Fsp3) is 0.531. The zero-order valence-electron chi connectivity index (χ0n) is 26.1. The average molecular weight is 672 g/mol. The van der Waals surface area contributed by atoms with Gasteiger partial charge in [0.25, 0.3) is 5.19 Å². The van der Waals surface area contributed by atoms with Crippen molar-refractivity contribution in [3.8, 4) is 5.19 Å². The Morgan fingerprint density at radius 2 is 1.87 bits per heavy atom. The van der Waals surface area contributed by atoms with E-state index in [1.807, 2.05) is 30.6 Å². The van der Waals surface area contributed by atoms with E-state index in [-0.39, 0.29) is 31.3 Å². The van der Waals surface area contributed by atoms with Gasteiger partial charge in [-0.25, -0.2) is 23.4 Å². The van der Waals surface area contributed by atoms with Crippen LogP contribution in [0, 0.1) is 0 Å². The van der Waals surface area contributed by atoms with Crippen LogP contribution in [0.15, 0.2) is 36.7 Å². The molecule has 2 aliphatic heterocycles. The van der Waals surface area contributed by atoms with Crippen molar-refractivity contribution in [2.45, 2.75) is 70.8 Å². The van der Waals surface area contributed by atoms with Crippen LogP contribution in [0.3, 0.4) is 0 Å². The molecule has 0 atom stereocenters. The van der Waals surface area contributed by atoms with Crippen LogP contribution < -0.4 is 9.64 Å². The van der Waals surface area contributed by atoms with E-state index in [0.29, 0.717) is 37.5 Å². The van der Waals surface area contributed by atoms with Gasteiger partial charge in [-0.1, -0.05) is 36.8 Å². The van der Waals surface area contributed by atoms with E-state index in [1.165, 1.54) is 15.6 Å². The number of carbonyl (C=O) groups is 2. The van der Waals surface area contributed by atoms with Gasteiger partial charge in [-0.15, -0.1) is 0 Å². The Morgan fingerprint density at radius 1 is 1.09 bits per heavy atom. The number of nitrogens with zero attached hydrogens (tertiary/aromatic N) is 5. The normalized spacial score (nSPS) is 16.4. The van der Waals surface area contributed by atoms with Crippen LogP contribution in [-0.4, -0.2) is 89.4 Å². The Bertz CT molecular complexity index is 1630. The minimum absolute atomic E-state index is 0.0304. The highest BCUT2D eigenvalue weighted by molar-refractivity contribution is 7.89. The largest absolute Gasteiger partial charge is 0.481 e. The van der Waals surface area contributed by atoms with E-state index in [2.05, 4.69) is 27.9 Å². The van der Waals surface area contributed by atoms with Gasteiger partial charge in [-0.3, -0.25) is 9.59 Å². The summed E-state index contributed by atoms with van der Waals surface area (Å²) in [6, 6.07) is 6.13. The first-order valence-electron chi connectivity index (χ1n) is 15.9. The summed E-state index contributed by atoms with van der Waals surface area (Å²) in [4.78, 5) is 38.0. The van der Waals surface area contributed by atoms with Gasteiger partial charge < -0.3 is 19.5 Å². The molecule has 14 heteroatoms. The first kappa shape index (κ1) is 33.7. The highest BCUT2D eigenvalue weighted by atomic mass is 32.2. The number of ether oxygens (including phenoxy) is 2. The van der Waals surface area contributed by atoms with E-state index in [4.69, 9.17) is 19.6 Å². The van der Waals surface area contributed by atoms with Crippen molar-refractivity contribution >= 4 is 55.0 Å². The number of anilines is 1. The molecule has 0 bridgehead atoms. The number of aryl methyl sites for hydroxylation is 1. The van der Waals surface area contributed by atoms with E-state index in [0.717, 1.165) is 71.6 Å². The number of hydrogen-bond acceptors (Lipinski definition) is 11. The number of thiazole rings is 1. The molecule has 2 aliphatic rings. The highest BCUT2D eigenvalue weighted by Gasteiger charge is 2.25. The number of piperidine rings is 1. The van der Waals surface area contributed by atoms with E-state index in [9.17, 15) is 18.0 Å². The summed E-state index contributed by atoms with van der Waals surface area (Å²) in [5.74, 6) is -0.906. The molecule has 46 heavy (non-hydrogen) atoms. The SMILES string of the molecule is CCCc1cnc(N2CCC(Oc3nc4ccc(C5=CCN(S(=O)(=O)CCCCOC(=O)CCC(=O)O)CC5)cc4s3)CC2)nc1. The first-order valence-corrected chi connectivity index (χ1v) is 18.3. The zero-order chi connectivity index (χ0) is 32.5. The van der Waals surface area contributed by atoms with Crippen molar-refractivity contribution in [3.63, 3.8) is 0 Å². The predicted molar refractivity (Wildman–Crippen MR) is 177 cm³/mol. The summed E-state index contributed by atoms with van der Waals surface area (Å²) in [6.45, 7) is 4.60. The van der Waals surface area contributed by atoms with Crippen molar-refractivity contribution in [2.75, 3.05) is 43.4 Å². The molecule has 0 saturated carbocycles. The molecular weight excluding hydrogens is 631 g/mol. The van der Waals surface area contributed by atoms with Crippen LogP contribution in [0.4, 0.5) is 5.95 Å². The second kappa shape index (κ2) is 15.8. The third kappa shape index (κ3) is 9.23. The number of benzene rings is 1. The number of esters is 1. The van der Waals surface area contributed by atoms with Gasteiger partial charge in [0, 0.05) is 51.4 Å². The third-order valence-electron chi connectivity index (χ3n) is 8.13. The van der Waals surface area contributed by atoms with E-state index >= 15 is 0 Å². The van der Waals surface area contributed by atoms with Crippen LogP contribution in [0.5, 0.6) is 5.19 Å². The van der Waals surface area contributed by atoms with Gasteiger partial charge in [0.2, 0.25) is 16.0 Å². The third-order valence-corrected chi connectivity index (χ3v) is 11.0. The van der Waals surface area contributed by atoms with Crippen LogP contribution in [0.2, 0.25) is 0 Å². The number of carboxylic acids is 1. The molecule has 0 unspecified atom stereocenters. The molecule has 0 aliphatic carbocycles. The molecule has 0 radical (unpaired) electrons. The summed E-state index contributed by atoms with van der Waals surface area (Å²) in [5.41, 5.74) is 4.21. The number of fused-ring (bicyclic) bond motifs is 1. The van der Waals surface area contributed by atoms with Gasteiger partial charge in [-0.2, -0.15) is 4.31 Å². The van der Waals surface area contributed by atoms with Crippen molar-refractivity contribution in [1.29, 1.82) is 0 Å². The fourth-order valence-electron chi connectivity index (χ4n) is 5.55. The van der Waals surface area contributed by atoms with Crippen molar-refractivity contribution < 1.29 is 32.6 Å². The monoisotopic (exact) mass is 671 g/mol. The smallest absolute Gasteiger partial charge is 0.306 e. The lowest BCUT2D eigenvalue weighted by Gasteiger charge is -2.31. The topological polar surface area (TPSA) is 152 Å². The van der Waals surface area contributed by atoms with Crippen LogP contribution in [0.1, 0.15) is 69.4 Å². The number of unbranched alkanes of at least 4 members (excludes halogenated alkanes) is 1.